The smallest absolute Gasteiger partial charge is 0.311 e. The van der Waals surface area contributed by atoms with Crippen molar-refractivity contribution in [3.05, 3.63) is 11.4 Å². The van der Waals surface area contributed by atoms with Gasteiger partial charge in [-0.15, -0.1) is 0 Å². The maximum atomic E-state index is 12.0. The largest absolute Gasteiger partial charge is 0.469 e. The summed E-state index contributed by atoms with van der Waals surface area (Å²) in [4.78, 5) is 15.8. The third kappa shape index (κ3) is 1.16. The van der Waals surface area contributed by atoms with Gasteiger partial charge in [0.25, 0.3) is 0 Å². The van der Waals surface area contributed by atoms with Crippen LogP contribution in [0.3, 0.4) is 0 Å². The minimum Gasteiger partial charge on any atom is -0.469 e. The number of methoxy groups -OCH3 is 1. The van der Waals surface area contributed by atoms with Gasteiger partial charge in [0.1, 0.15) is 0 Å². The van der Waals surface area contributed by atoms with Crippen LogP contribution in [0.25, 0.3) is 4.85 Å². The summed E-state index contributed by atoms with van der Waals surface area (Å²) in [5.41, 5.74) is -0.216. The lowest BCUT2D eigenvalue weighted by Gasteiger charge is -2.54. The molecule has 0 saturated heterocycles. The standard InChI is InChI=1S/C13H17NO2/c1-14-11-9-3-8-4-10(11)7-13(5-8,6-9)12(15)16-2/h8-11H,3-7H2,2H3. The average molecular weight is 219 g/mol. The first kappa shape index (κ1) is 10.1. The number of ether oxygens (including phenoxy) is 1. The molecule has 2 unspecified atom stereocenters. The zero-order valence-corrected chi connectivity index (χ0v) is 9.61. The maximum Gasteiger partial charge on any atom is 0.311 e. The van der Waals surface area contributed by atoms with E-state index in [0.717, 1.165) is 19.3 Å². The Morgan fingerprint density at radius 2 is 1.94 bits per heavy atom. The summed E-state index contributed by atoms with van der Waals surface area (Å²) in [5, 5.41) is 0. The van der Waals surface area contributed by atoms with E-state index in [4.69, 9.17) is 11.3 Å². The molecule has 4 aliphatic rings. The molecule has 86 valence electrons. The summed E-state index contributed by atoms with van der Waals surface area (Å²) in [6.07, 6.45) is 5.15. The SMILES string of the molecule is [C-]#[N+]C1C2CC3CC1CC(C(=O)OC)(C3)C2. The topological polar surface area (TPSA) is 30.7 Å². The lowest BCUT2D eigenvalue weighted by Crippen LogP contribution is -2.55. The molecule has 0 aromatic carbocycles. The van der Waals surface area contributed by atoms with Gasteiger partial charge in [-0.05, 0) is 38.0 Å². The number of esters is 1. The summed E-state index contributed by atoms with van der Waals surface area (Å²) in [7, 11) is 1.49. The van der Waals surface area contributed by atoms with E-state index in [1.165, 1.54) is 20.0 Å². The van der Waals surface area contributed by atoms with Gasteiger partial charge >= 0.3 is 5.97 Å². The first-order valence-corrected chi connectivity index (χ1v) is 6.13. The Kier molecular flexibility index (Phi) is 2.04. The molecule has 0 N–H and O–H groups in total. The van der Waals surface area contributed by atoms with Crippen LogP contribution in [0.2, 0.25) is 0 Å². The molecule has 0 aromatic heterocycles. The van der Waals surface area contributed by atoms with Crippen molar-refractivity contribution in [2.75, 3.05) is 7.11 Å². The van der Waals surface area contributed by atoms with Crippen molar-refractivity contribution in [1.29, 1.82) is 0 Å². The molecule has 4 fully saturated rings. The van der Waals surface area contributed by atoms with Crippen molar-refractivity contribution < 1.29 is 9.53 Å². The van der Waals surface area contributed by atoms with E-state index >= 15 is 0 Å². The van der Waals surface area contributed by atoms with Gasteiger partial charge < -0.3 is 9.58 Å². The van der Waals surface area contributed by atoms with Crippen LogP contribution in [0.5, 0.6) is 0 Å². The molecule has 16 heavy (non-hydrogen) atoms. The molecule has 0 aliphatic heterocycles. The predicted octanol–water partition coefficient (Wildman–Crippen LogP) is 2.27. The maximum absolute atomic E-state index is 12.0. The molecular formula is C13H17NO2. The number of carbonyl (C=O) groups excluding carboxylic acids is 1. The Labute approximate surface area is 96.0 Å². The molecule has 3 heteroatoms. The second-order valence-electron chi connectivity index (χ2n) is 5.86. The third-order valence-electron chi connectivity index (χ3n) is 4.99. The van der Waals surface area contributed by atoms with E-state index in [1.807, 2.05) is 0 Å². The average Bonchev–Trinajstić information content (AvgIpc) is 2.27. The van der Waals surface area contributed by atoms with E-state index in [0.29, 0.717) is 17.8 Å². The molecule has 0 aromatic rings. The summed E-state index contributed by atoms with van der Waals surface area (Å²) >= 11 is 0. The van der Waals surface area contributed by atoms with Crippen molar-refractivity contribution in [3.63, 3.8) is 0 Å². The first-order valence-electron chi connectivity index (χ1n) is 6.13. The van der Waals surface area contributed by atoms with Crippen molar-refractivity contribution in [1.82, 2.24) is 0 Å². The molecular weight excluding hydrogens is 202 g/mol. The summed E-state index contributed by atoms with van der Waals surface area (Å²) in [6.45, 7) is 7.30. The molecule has 0 heterocycles. The Morgan fingerprint density at radius 3 is 2.44 bits per heavy atom. The monoisotopic (exact) mass is 219 g/mol. The van der Waals surface area contributed by atoms with Crippen molar-refractivity contribution in [2.45, 2.75) is 38.1 Å². The van der Waals surface area contributed by atoms with Crippen molar-refractivity contribution >= 4 is 5.97 Å². The molecule has 4 aliphatic carbocycles. The molecule has 4 bridgehead atoms. The Morgan fingerprint density at radius 1 is 1.31 bits per heavy atom. The molecule has 0 amide bonds. The quantitative estimate of drug-likeness (QED) is 0.500. The van der Waals surface area contributed by atoms with Crippen LogP contribution in [0.4, 0.5) is 0 Å². The van der Waals surface area contributed by atoms with Crippen LogP contribution in [0.1, 0.15) is 32.1 Å². The number of nitrogens with zero attached hydrogens (tertiary/aromatic N) is 1. The van der Waals surface area contributed by atoms with E-state index in [2.05, 4.69) is 4.85 Å². The van der Waals surface area contributed by atoms with Gasteiger partial charge in [-0.1, -0.05) is 0 Å². The zero-order valence-electron chi connectivity index (χ0n) is 9.61. The van der Waals surface area contributed by atoms with Gasteiger partial charge in [0, 0.05) is 11.8 Å². The van der Waals surface area contributed by atoms with Crippen LogP contribution >= 0.6 is 0 Å². The van der Waals surface area contributed by atoms with Crippen molar-refractivity contribution in [3.8, 4) is 0 Å². The minimum atomic E-state index is -0.216. The van der Waals surface area contributed by atoms with Crippen LogP contribution in [-0.4, -0.2) is 19.1 Å². The molecule has 4 rings (SSSR count). The fourth-order valence-electron chi connectivity index (χ4n) is 4.67. The van der Waals surface area contributed by atoms with Gasteiger partial charge in [0.15, 0.2) is 0 Å². The molecule has 2 atom stereocenters. The molecule has 0 radical (unpaired) electrons. The summed E-state index contributed by atoms with van der Waals surface area (Å²) in [6, 6.07) is 0.189. The lowest BCUT2D eigenvalue weighted by molar-refractivity contribution is -0.168. The fourth-order valence-corrected chi connectivity index (χ4v) is 4.67. The van der Waals surface area contributed by atoms with E-state index in [9.17, 15) is 4.79 Å². The van der Waals surface area contributed by atoms with Crippen molar-refractivity contribution in [2.24, 2.45) is 23.2 Å². The normalized spacial score (nSPS) is 48.8. The van der Waals surface area contributed by atoms with Crippen LogP contribution in [-0.2, 0) is 9.53 Å². The second kappa shape index (κ2) is 3.23. The number of rotatable bonds is 1. The molecule has 3 nitrogen and oxygen atoms in total. The van der Waals surface area contributed by atoms with Gasteiger partial charge in [0.05, 0.1) is 12.5 Å². The second-order valence-corrected chi connectivity index (χ2v) is 5.86. The van der Waals surface area contributed by atoms with E-state index in [1.54, 1.807) is 0 Å². The lowest BCUT2D eigenvalue weighted by atomic mass is 9.48. The highest BCUT2D eigenvalue weighted by atomic mass is 16.5. The minimum absolute atomic E-state index is 0.0182. The summed E-state index contributed by atoms with van der Waals surface area (Å²) in [5.74, 6) is 1.58. The Bertz CT molecular complexity index is 355. The van der Waals surface area contributed by atoms with Gasteiger partial charge in [0.2, 0.25) is 6.04 Å². The van der Waals surface area contributed by atoms with Gasteiger partial charge in [-0.3, -0.25) is 4.79 Å². The van der Waals surface area contributed by atoms with E-state index in [-0.39, 0.29) is 17.4 Å². The highest BCUT2D eigenvalue weighted by Gasteiger charge is 2.61. The highest BCUT2D eigenvalue weighted by Crippen LogP contribution is 2.61. The van der Waals surface area contributed by atoms with Gasteiger partial charge in [-0.2, -0.15) is 0 Å². The zero-order chi connectivity index (χ0) is 11.3. The first-order chi connectivity index (χ1) is 7.68. The number of carbonyl (C=O) groups is 1. The number of hydrogen-bond donors (Lipinski definition) is 0. The Balaban J connectivity index is 1.93. The highest BCUT2D eigenvalue weighted by molar-refractivity contribution is 5.77. The predicted molar refractivity (Wildman–Crippen MR) is 58.4 cm³/mol. The molecule has 4 saturated carbocycles. The molecule has 0 spiro atoms. The van der Waals surface area contributed by atoms with E-state index < -0.39 is 0 Å². The number of hydrogen-bond acceptors (Lipinski definition) is 2. The third-order valence-corrected chi connectivity index (χ3v) is 4.99. The van der Waals surface area contributed by atoms with Gasteiger partial charge in [-0.25, -0.2) is 6.57 Å². The van der Waals surface area contributed by atoms with Crippen LogP contribution in [0.15, 0.2) is 0 Å². The fraction of sp³-hybridized carbons (Fsp3) is 0.846. The van der Waals surface area contributed by atoms with Crippen LogP contribution < -0.4 is 0 Å². The summed E-state index contributed by atoms with van der Waals surface area (Å²) < 4.78 is 4.99. The Hall–Kier alpha value is -1.04. The van der Waals surface area contributed by atoms with Crippen LogP contribution in [0, 0.1) is 29.7 Å².